The number of rotatable bonds is 12. The lowest BCUT2D eigenvalue weighted by Gasteiger charge is -2.24. The Balaban J connectivity index is 2.62. The zero-order valence-electron chi connectivity index (χ0n) is 16.1. The average molecular weight is 388 g/mol. The van der Waals surface area contributed by atoms with Crippen molar-refractivity contribution in [2.75, 3.05) is 13.1 Å². The first kappa shape index (κ1) is 23.3. The van der Waals surface area contributed by atoms with Crippen LogP contribution in [0.15, 0.2) is 0 Å². The maximum Gasteiger partial charge on any atom is 0.345 e. The number of aliphatic carboxylic acids is 1. The summed E-state index contributed by atoms with van der Waals surface area (Å²) in [5, 5.41) is 10.3. The van der Waals surface area contributed by atoms with E-state index >= 15 is 0 Å². The van der Waals surface area contributed by atoms with Crippen molar-refractivity contribution >= 4 is 17.9 Å². The molecule has 0 spiro atoms. The highest BCUT2D eigenvalue weighted by Crippen LogP contribution is 2.18. The third-order valence-electron chi connectivity index (χ3n) is 4.26. The van der Waals surface area contributed by atoms with Gasteiger partial charge >= 0.3 is 17.9 Å². The predicted molar refractivity (Wildman–Crippen MR) is 96.8 cm³/mol. The van der Waals surface area contributed by atoms with Crippen LogP contribution in [0.25, 0.3) is 0 Å². The number of nitrogens with one attached hydrogen (secondary N) is 1. The first-order valence-electron chi connectivity index (χ1n) is 9.39. The minimum absolute atomic E-state index is 0.223. The number of unbranched alkanes of at least 4 members (excludes halogenated alkanes) is 1. The molecule has 0 aromatic heterocycles. The van der Waals surface area contributed by atoms with Crippen molar-refractivity contribution < 1.29 is 29.2 Å². The Morgan fingerprint density at radius 2 is 1.96 bits per heavy atom. The molecule has 0 unspecified atom stereocenters. The topological polar surface area (TPSA) is 157 Å². The highest BCUT2D eigenvalue weighted by Gasteiger charge is 2.35. The van der Waals surface area contributed by atoms with E-state index in [0.29, 0.717) is 51.6 Å². The molecule has 1 aliphatic heterocycles. The third-order valence-corrected chi connectivity index (χ3v) is 4.26. The Hall–Kier alpha value is -1.75. The number of nitrogens with zero attached hydrogens (tertiary/aromatic N) is 1. The van der Waals surface area contributed by atoms with E-state index in [9.17, 15) is 19.5 Å². The van der Waals surface area contributed by atoms with Crippen LogP contribution < -0.4 is 16.9 Å². The second-order valence-electron chi connectivity index (χ2n) is 7.16. The lowest BCUT2D eigenvalue weighted by atomic mass is 10.1. The summed E-state index contributed by atoms with van der Waals surface area (Å²) in [6, 6.07) is -2.59. The van der Waals surface area contributed by atoms with Crippen LogP contribution in [-0.4, -0.2) is 59.3 Å². The second-order valence-corrected chi connectivity index (χ2v) is 7.16. The molecule has 0 radical (unpaired) electrons. The van der Waals surface area contributed by atoms with Gasteiger partial charge in [-0.2, -0.15) is 0 Å². The SMILES string of the molecule is CC(C)C[C@@H](N)C(=O)ON[C@@H](CCCCN)C(=O)ON1CCC[C@H]1C(=O)O. The van der Waals surface area contributed by atoms with E-state index in [4.69, 9.17) is 21.1 Å². The standard InChI is InChI=1S/C17H32N4O6/c1-11(2)10-12(19)16(24)26-20-13(6-3-4-8-18)17(25)27-21-9-5-7-14(21)15(22)23/h11-14,20H,3-10,18-19H2,1-2H3,(H,22,23)/t12-,13+,14+/m1/s1. The molecule has 3 atom stereocenters. The fourth-order valence-corrected chi connectivity index (χ4v) is 2.80. The van der Waals surface area contributed by atoms with Crippen LogP contribution in [-0.2, 0) is 24.1 Å². The number of hydrogen-bond acceptors (Lipinski definition) is 9. The molecule has 1 aliphatic rings. The van der Waals surface area contributed by atoms with Crippen LogP contribution in [0.5, 0.6) is 0 Å². The summed E-state index contributed by atoms with van der Waals surface area (Å²) in [6.07, 6.45) is 3.11. The number of carboxylic acid groups (broad SMARTS) is 1. The minimum Gasteiger partial charge on any atom is -0.480 e. The number of carbonyl (C=O) groups excluding carboxylic acids is 2. The zero-order chi connectivity index (χ0) is 20.4. The Morgan fingerprint density at radius 1 is 1.26 bits per heavy atom. The number of carbonyl (C=O) groups is 3. The van der Waals surface area contributed by atoms with Crippen molar-refractivity contribution in [3.8, 4) is 0 Å². The monoisotopic (exact) mass is 388 g/mol. The van der Waals surface area contributed by atoms with Crippen molar-refractivity contribution in [1.29, 1.82) is 0 Å². The van der Waals surface area contributed by atoms with E-state index in [1.54, 1.807) is 0 Å². The second kappa shape index (κ2) is 11.9. The minimum atomic E-state index is -1.04. The summed E-state index contributed by atoms with van der Waals surface area (Å²) in [5.74, 6) is -2.18. The van der Waals surface area contributed by atoms with Crippen LogP contribution >= 0.6 is 0 Å². The van der Waals surface area contributed by atoms with Crippen molar-refractivity contribution in [3.63, 3.8) is 0 Å². The van der Waals surface area contributed by atoms with Gasteiger partial charge in [0.2, 0.25) is 0 Å². The van der Waals surface area contributed by atoms with Crippen LogP contribution in [0.4, 0.5) is 0 Å². The summed E-state index contributed by atoms with van der Waals surface area (Å²) >= 11 is 0. The molecule has 6 N–H and O–H groups in total. The molecular weight excluding hydrogens is 356 g/mol. The number of hydrogen-bond donors (Lipinski definition) is 4. The van der Waals surface area contributed by atoms with Gasteiger partial charge in [0.15, 0.2) is 0 Å². The van der Waals surface area contributed by atoms with E-state index in [2.05, 4.69) is 5.48 Å². The lowest BCUT2D eigenvalue weighted by molar-refractivity contribution is -0.204. The van der Waals surface area contributed by atoms with Gasteiger partial charge < -0.3 is 26.2 Å². The quantitative estimate of drug-likeness (QED) is 0.263. The molecule has 1 rings (SSSR count). The Labute approximate surface area is 159 Å². The molecule has 1 saturated heterocycles. The number of carboxylic acids is 1. The fourth-order valence-electron chi connectivity index (χ4n) is 2.80. The molecule has 0 aliphatic carbocycles. The maximum absolute atomic E-state index is 12.4. The average Bonchev–Trinajstić information content (AvgIpc) is 3.05. The number of hydroxylamine groups is 3. The van der Waals surface area contributed by atoms with Gasteiger partial charge in [0, 0.05) is 6.54 Å². The highest BCUT2D eigenvalue weighted by atomic mass is 16.7. The van der Waals surface area contributed by atoms with Gasteiger partial charge in [-0.25, -0.2) is 9.59 Å². The van der Waals surface area contributed by atoms with E-state index in [1.165, 1.54) is 0 Å². The van der Waals surface area contributed by atoms with Gasteiger partial charge in [-0.3, -0.25) is 4.79 Å². The summed E-state index contributed by atoms with van der Waals surface area (Å²) in [6.45, 7) is 4.68. The van der Waals surface area contributed by atoms with Crippen molar-refractivity contribution in [3.05, 3.63) is 0 Å². The first-order valence-corrected chi connectivity index (χ1v) is 9.39. The molecule has 156 valence electrons. The van der Waals surface area contributed by atoms with Crippen molar-refractivity contribution in [1.82, 2.24) is 10.5 Å². The predicted octanol–water partition coefficient (Wildman–Crippen LogP) is -0.0876. The molecule has 10 nitrogen and oxygen atoms in total. The molecule has 0 aromatic rings. The third kappa shape index (κ3) is 8.21. The van der Waals surface area contributed by atoms with Crippen molar-refractivity contribution in [2.24, 2.45) is 17.4 Å². The van der Waals surface area contributed by atoms with Crippen molar-refractivity contribution in [2.45, 2.75) is 70.5 Å². The van der Waals surface area contributed by atoms with Gasteiger partial charge in [0.25, 0.3) is 0 Å². The largest absolute Gasteiger partial charge is 0.480 e. The van der Waals surface area contributed by atoms with E-state index in [0.717, 1.165) is 5.06 Å². The van der Waals surface area contributed by atoms with E-state index < -0.39 is 36.0 Å². The van der Waals surface area contributed by atoms with Gasteiger partial charge in [-0.05, 0) is 51.0 Å². The van der Waals surface area contributed by atoms with Gasteiger partial charge in [-0.1, -0.05) is 13.8 Å². The summed E-state index contributed by atoms with van der Waals surface area (Å²) in [5.41, 5.74) is 13.7. The summed E-state index contributed by atoms with van der Waals surface area (Å²) in [4.78, 5) is 45.8. The molecular formula is C17H32N4O6. The lowest BCUT2D eigenvalue weighted by Crippen LogP contribution is -2.47. The van der Waals surface area contributed by atoms with Gasteiger partial charge in [0.1, 0.15) is 18.1 Å². The van der Waals surface area contributed by atoms with Crippen LogP contribution in [0.1, 0.15) is 52.4 Å². The maximum atomic E-state index is 12.4. The molecule has 0 aromatic carbocycles. The number of nitrogens with two attached hydrogens (primary N) is 2. The molecule has 0 saturated carbocycles. The summed E-state index contributed by atoms with van der Waals surface area (Å²) in [7, 11) is 0. The summed E-state index contributed by atoms with van der Waals surface area (Å²) < 4.78 is 0. The Kier molecular flexibility index (Phi) is 10.2. The highest BCUT2D eigenvalue weighted by molar-refractivity contribution is 5.78. The fraction of sp³-hybridized carbons (Fsp3) is 0.824. The first-order chi connectivity index (χ1) is 12.8. The molecule has 0 amide bonds. The molecule has 1 heterocycles. The molecule has 1 fully saturated rings. The normalized spacial score (nSPS) is 19.7. The molecule has 10 heteroatoms. The van der Waals surface area contributed by atoms with Gasteiger partial charge in [0.05, 0.1) is 0 Å². The van der Waals surface area contributed by atoms with Crippen LogP contribution in [0.3, 0.4) is 0 Å². The molecule has 0 bridgehead atoms. The molecule has 27 heavy (non-hydrogen) atoms. The Bertz CT molecular complexity index is 502. The zero-order valence-corrected chi connectivity index (χ0v) is 16.1. The van der Waals surface area contributed by atoms with Crippen LogP contribution in [0, 0.1) is 5.92 Å². The van der Waals surface area contributed by atoms with Crippen LogP contribution in [0.2, 0.25) is 0 Å². The smallest absolute Gasteiger partial charge is 0.345 e. The van der Waals surface area contributed by atoms with Gasteiger partial charge in [-0.15, -0.1) is 10.5 Å². The van der Waals surface area contributed by atoms with E-state index in [-0.39, 0.29) is 5.92 Å². The Morgan fingerprint density at radius 3 is 2.56 bits per heavy atom. The van der Waals surface area contributed by atoms with E-state index in [1.807, 2.05) is 13.8 Å².